The van der Waals surface area contributed by atoms with Crippen LogP contribution in [0.5, 0.6) is 0 Å². The minimum Gasteiger partial charge on any atom is -0.399 e. The molecule has 0 bridgehead atoms. The Bertz CT molecular complexity index is 523. The van der Waals surface area contributed by atoms with E-state index in [0.29, 0.717) is 4.31 Å². The van der Waals surface area contributed by atoms with Crippen molar-refractivity contribution >= 4 is 15.7 Å². The van der Waals surface area contributed by atoms with Crippen LogP contribution in [0.2, 0.25) is 0 Å². The van der Waals surface area contributed by atoms with E-state index in [1.54, 1.807) is 0 Å². The summed E-state index contributed by atoms with van der Waals surface area (Å²) in [5.74, 6) is -2.52. The van der Waals surface area contributed by atoms with E-state index < -0.39 is 32.7 Å². The second-order valence-corrected chi connectivity index (χ2v) is 5.93. The van der Waals surface area contributed by atoms with E-state index in [2.05, 4.69) is 0 Å². The van der Waals surface area contributed by atoms with E-state index in [0.717, 1.165) is 19.2 Å². The van der Waals surface area contributed by atoms with E-state index in [1.165, 1.54) is 6.92 Å². The van der Waals surface area contributed by atoms with Gasteiger partial charge in [-0.15, -0.1) is 0 Å². The highest BCUT2D eigenvalue weighted by atomic mass is 32.2. The summed E-state index contributed by atoms with van der Waals surface area (Å²) >= 11 is 0. The van der Waals surface area contributed by atoms with Gasteiger partial charge in [-0.3, -0.25) is 0 Å². The summed E-state index contributed by atoms with van der Waals surface area (Å²) in [6, 6.07) is 1.46. The van der Waals surface area contributed by atoms with Gasteiger partial charge in [0.05, 0.1) is 6.10 Å². The Balaban J connectivity index is 3.29. The molecule has 1 aromatic rings. The molecule has 1 aromatic carbocycles. The molecule has 0 aliphatic carbocycles. The first-order valence-electron chi connectivity index (χ1n) is 5.05. The Morgan fingerprint density at radius 1 is 1.39 bits per heavy atom. The molecule has 1 unspecified atom stereocenters. The normalized spacial score (nSPS) is 13.9. The maximum absolute atomic E-state index is 13.5. The fourth-order valence-electron chi connectivity index (χ4n) is 1.45. The first-order chi connectivity index (χ1) is 8.16. The van der Waals surface area contributed by atoms with Crippen LogP contribution in [0.1, 0.15) is 6.92 Å². The van der Waals surface area contributed by atoms with Crippen molar-refractivity contribution in [3.63, 3.8) is 0 Å². The van der Waals surface area contributed by atoms with Crippen molar-refractivity contribution in [3.05, 3.63) is 23.8 Å². The van der Waals surface area contributed by atoms with E-state index >= 15 is 0 Å². The third kappa shape index (κ3) is 2.95. The van der Waals surface area contributed by atoms with Gasteiger partial charge in [0.15, 0.2) is 4.90 Å². The number of nitrogen functional groups attached to an aromatic ring is 1. The zero-order valence-corrected chi connectivity index (χ0v) is 10.7. The average molecular weight is 280 g/mol. The first kappa shape index (κ1) is 14.8. The molecule has 0 saturated heterocycles. The quantitative estimate of drug-likeness (QED) is 0.789. The van der Waals surface area contributed by atoms with Gasteiger partial charge < -0.3 is 10.8 Å². The third-order valence-electron chi connectivity index (χ3n) is 2.21. The lowest BCUT2D eigenvalue weighted by Crippen LogP contribution is -2.34. The van der Waals surface area contributed by atoms with Crippen LogP contribution in [-0.4, -0.2) is 37.5 Å². The van der Waals surface area contributed by atoms with Gasteiger partial charge in [-0.1, -0.05) is 0 Å². The molecule has 0 amide bonds. The predicted molar refractivity (Wildman–Crippen MR) is 62.3 cm³/mol. The summed E-state index contributed by atoms with van der Waals surface area (Å²) in [4.78, 5) is -1.07. The molecule has 3 N–H and O–H groups in total. The number of sulfonamides is 1. The van der Waals surface area contributed by atoms with Gasteiger partial charge in [0.25, 0.3) is 0 Å². The average Bonchev–Trinajstić information content (AvgIpc) is 2.13. The Hall–Kier alpha value is -1.25. The molecule has 0 radical (unpaired) electrons. The molecule has 102 valence electrons. The molecule has 1 rings (SSSR count). The number of aliphatic hydroxyl groups excluding tert-OH is 1. The van der Waals surface area contributed by atoms with Gasteiger partial charge in [0, 0.05) is 19.3 Å². The van der Waals surface area contributed by atoms with Crippen LogP contribution in [0.3, 0.4) is 0 Å². The monoisotopic (exact) mass is 280 g/mol. The number of aliphatic hydroxyl groups is 1. The Kier molecular flexibility index (Phi) is 4.25. The van der Waals surface area contributed by atoms with Crippen LogP contribution in [-0.2, 0) is 10.0 Å². The summed E-state index contributed by atoms with van der Waals surface area (Å²) in [5, 5.41) is 9.10. The predicted octanol–water partition coefficient (Wildman–Crippen LogP) is 0.548. The fraction of sp³-hybridized carbons (Fsp3) is 0.400. The van der Waals surface area contributed by atoms with Gasteiger partial charge in [0.2, 0.25) is 10.0 Å². The highest BCUT2D eigenvalue weighted by Crippen LogP contribution is 2.24. The zero-order valence-electron chi connectivity index (χ0n) is 9.89. The van der Waals surface area contributed by atoms with Crippen molar-refractivity contribution in [1.29, 1.82) is 0 Å². The molecule has 8 heteroatoms. The Morgan fingerprint density at radius 3 is 2.22 bits per heavy atom. The van der Waals surface area contributed by atoms with Crippen molar-refractivity contribution < 1.29 is 22.3 Å². The fourth-order valence-corrected chi connectivity index (χ4v) is 2.79. The number of benzene rings is 1. The van der Waals surface area contributed by atoms with E-state index in [4.69, 9.17) is 10.8 Å². The van der Waals surface area contributed by atoms with Gasteiger partial charge in [0.1, 0.15) is 11.6 Å². The summed E-state index contributed by atoms with van der Waals surface area (Å²) in [6.07, 6.45) is -0.954. The van der Waals surface area contributed by atoms with Crippen LogP contribution in [0.4, 0.5) is 14.5 Å². The second-order valence-electron chi connectivity index (χ2n) is 3.95. The highest BCUT2D eigenvalue weighted by Gasteiger charge is 2.29. The van der Waals surface area contributed by atoms with Crippen molar-refractivity contribution in [2.75, 3.05) is 19.3 Å². The van der Waals surface area contributed by atoms with Crippen molar-refractivity contribution in [3.8, 4) is 0 Å². The Labute approximate surface area is 104 Å². The van der Waals surface area contributed by atoms with Gasteiger partial charge in [-0.2, -0.15) is 4.31 Å². The van der Waals surface area contributed by atoms with Crippen LogP contribution < -0.4 is 5.73 Å². The number of rotatable bonds is 4. The topological polar surface area (TPSA) is 83.6 Å². The molecule has 18 heavy (non-hydrogen) atoms. The molecule has 0 heterocycles. The summed E-state index contributed by atoms with van der Waals surface area (Å²) in [7, 11) is -3.22. The molecule has 0 spiro atoms. The van der Waals surface area contributed by atoms with E-state index in [-0.39, 0.29) is 12.2 Å². The number of halogens is 2. The molecular weight excluding hydrogens is 266 g/mol. The second kappa shape index (κ2) is 5.17. The molecule has 0 saturated carbocycles. The van der Waals surface area contributed by atoms with E-state index in [1.807, 2.05) is 0 Å². The van der Waals surface area contributed by atoms with Crippen LogP contribution in [0.25, 0.3) is 0 Å². The standard InChI is InChI=1S/C10H14F2N2O3S/c1-6(15)5-14(2)18(16,17)10-8(11)3-7(13)4-9(10)12/h3-4,6,15H,5,13H2,1-2H3. The summed E-state index contributed by atoms with van der Waals surface area (Å²) in [5.41, 5.74) is 4.99. The Morgan fingerprint density at radius 2 is 1.83 bits per heavy atom. The molecule has 1 atom stereocenters. The smallest absolute Gasteiger partial charge is 0.248 e. The number of anilines is 1. The van der Waals surface area contributed by atoms with Crippen LogP contribution in [0, 0.1) is 11.6 Å². The minimum atomic E-state index is -4.34. The number of nitrogens with two attached hydrogens (primary N) is 1. The lowest BCUT2D eigenvalue weighted by molar-refractivity contribution is 0.171. The van der Waals surface area contributed by atoms with Gasteiger partial charge >= 0.3 is 0 Å². The van der Waals surface area contributed by atoms with Gasteiger partial charge in [-0.05, 0) is 19.1 Å². The summed E-state index contributed by atoms with van der Waals surface area (Å²) < 4.78 is 51.5. The largest absolute Gasteiger partial charge is 0.399 e. The van der Waals surface area contributed by atoms with Crippen LogP contribution in [0.15, 0.2) is 17.0 Å². The molecule has 0 fully saturated rings. The van der Waals surface area contributed by atoms with E-state index in [9.17, 15) is 17.2 Å². The molecule has 5 nitrogen and oxygen atoms in total. The molecule has 0 aromatic heterocycles. The van der Waals surface area contributed by atoms with Crippen LogP contribution >= 0.6 is 0 Å². The number of nitrogens with zero attached hydrogens (tertiary/aromatic N) is 1. The van der Waals surface area contributed by atoms with Crippen molar-refractivity contribution in [2.45, 2.75) is 17.9 Å². The number of hydrogen-bond donors (Lipinski definition) is 2. The van der Waals surface area contributed by atoms with Crippen molar-refractivity contribution in [2.24, 2.45) is 0 Å². The third-order valence-corrected chi connectivity index (χ3v) is 4.09. The van der Waals surface area contributed by atoms with Gasteiger partial charge in [-0.25, -0.2) is 17.2 Å². The lowest BCUT2D eigenvalue weighted by Gasteiger charge is -2.19. The maximum Gasteiger partial charge on any atom is 0.248 e. The molecular formula is C10H14F2N2O3S. The first-order valence-corrected chi connectivity index (χ1v) is 6.49. The number of likely N-dealkylation sites (N-methyl/N-ethyl adjacent to an activating group) is 1. The summed E-state index contributed by atoms with van der Waals surface area (Å²) in [6.45, 7) is 1.09. The maximum atomic E-state index is 13.5. The molecule has 0 aliphatic heterocycles. The lowest BCUT2D eigenvalue weighted by atomic mass is 10.3. The van der Waals surface area contributed by atoms with Crippen molar-refractivity contribution in [1.82, 2.24) is 4.31 Å². The minimum absolute atomic E-state index is 0.206. The molecule has 0 aliphatic rings. The highest BCUT2D eigenvalue weighted by molar-refractivity contribution is 7.89. The number of hydrogen-bond acceptors (Lipinski definition) is 4. The zero-order chi connectivity index (χ0) is 14.1. The SMILES string of the molecule is CC(O)CN(C)S(=O)(=O)c1c(F)cc(N)cc1F.